The van der Waals surface area contributed by atoms with E-state index < -0.39 is 5.82 Å². The summed E-state index contributed by atoms with van der Waals surface area (Å²) in [6.07, 6.45) is 0. The van der Waals surface area contributed by atoms with Gasteiger partial charge in [-0.15, -0.1) is 0 Å². The van der Waals surface area contributed by atoms with Crippen LogP contribution in [0.1, 0.15) is 5.56 Å². The maximum Gasteiger partial charge on any atom is 0.148 e. The lowest BCUT2D eigenvalue weighted by atomic mass is 10.1. The van der Waals surface area contributed by atoms with Crippen molar-refractivity contribution in [1.82, 2.24) is 0 Å². The fraction of sp³-hybridized carbons (Fsp3) is 0.0588. The summed E-state index contributed by atoms with van der Waals surface area (Å²) < 4.78 is 13.3. The van der Waals surface area contributed by atoms with Gasteiger partial charge in [-0.1, -0.05) is 36.4 Å². The molecule has 0 bridgehead atoms. The highest BCUT2D eigenvalue weighted by Gasteiger charge is 2.00. The first-order chi connectivity index (χ1) is 9.72. The van der Waals surface area contributed by atoms with Crippen molar-refractivity contribution < 1.29 is 4.39 Å². The molecule has 0 aliphatic heterocycles. The van der Waals surface area contributed by atoms with E-state index in [4.69, 9.17) is 5.73 Å². The van der Waals surface area contributed by atoms with Crippen LogP contribution in [0.3, 0.4) is 0 Å². The van der Waals surface area contributed by atoms with Gasteiger partial charge in [0.1, 0.15) is 5.82 Å². The molecule has 0 heterocycles. The number of hydrogen-bond acceptors (Lipinski definition) is 2. The molecular formula is C17H15FN2. The van der Waals surface area contributed by atoms with E-state index >= 15 is 0 Å². The summed E-state index contributed by atoms with van der Waals surface area (Å²) in [6.45, 7) is 0.647. The Morgan fingerprint density at radius 2 is 1.70 bits per heavy atom. The molecule has 3 aromatic rings. The summed E-state index contributed by atoms with van der Waals surface area (Å²) in [5.41, 5.74) is 7.50. The second-order valence-corrected chi connectivity index (χ2v) is 4.77. The zero-order valence-electron chi connectivity index (χ0n) is 10.9. The fourth-order valence-corrected chi connectivity index (χ4v) is 2.19. The second-order valence-electron chi connectivity index (χ2n) is 4.77. The third-order valence-electron chi connectivity index (χ3n) is 3.31. The number of fused-ring (bicyclic) bond motifs is 1. The molecule has 0 unspecified atom stereocenters. The van der Waals surface area contributed by atoms with Crippen molar-refractivity contribution in [3.63, 3.8) is 0 Å². The molecule has 0 saturated heterocycles. The third kappa shape index (κ3) is 2.57. The monoisotopic (exact) mass is 266 g/mol. The van der Waals surface area contributed by atoms with E-state index in [0.29, 0.717) is 6.54 Å². The first-order valence-electron chi connectivity index (χ1n) is 6.49. The maximum absolute atomic E-state index is 13.3. The standard InChI is InChI=1S/C17H15FN2/c18-16-10-15(7-8-17(16)19)20-11-12-5-6-13-3-1-2-4-14(13)9-12/h1-10,20H,11,19H2. The fourth-order valence-electron chi connectivity index (χ4n) is 2.19. The lowest BCUT2D eigenvalue weighted by Gasteiger charge is -2.08. The highest BCUT2D eigenvalue weighted by Crippen LogP contribution is 2.19. The first kappa shape index (κ1) is 12.5. The average molecular weight is 266 g/mol. The van der Waals surface area contributed by atoms with E-state index in [1.807, 2.05) is 12.1 Å². The van der Waals surface area contributed by atoms with E-state index in [1.165, 1.54) is 16.8 Å². The predicted octanol–water partition coefficient (Wildman–Crippen LogP) is 4.17. The summed E-state index contributed by atoms with van der Waals surface area (Å²) in [7, 11) is 0. The van der Waals surface area contributed by atoms with Gasteiger partial charge < -0.3 is 11.1 Å². The summed E-state index contributed by atoms with van der Waals surface area (Å²) in [5, 5.41) is 5.62. The largest absolute Gasteiger partial charge is 0.396 e. The third-order valence-corrected chi connectivity index (χ3v) is 3.31. The minimum atomic E-state index is -0.395. The van der Waals surface area contributed by atoms with Crippen LogP contribution < -0.4 is 11.1 Å². The molecule has 0 aliphatic carbocycles. The topological polar surface area (TPSA) is 38.0 Å². The van der Waals surface area contributed by atoms with Crippen LogP contribution in [0.5, 0.6) is 0 Å². The molecule has 0 atom stereocenters. The molecule has 0 saturated carbocycles. The molecule has 3 heteroatoms. The summed E-state index contributed by atoms with van der Waals surface area (Å²) >= 11 is 0. The number of rotatable bonds is 3. The van der Waals surface area contributed by atoms with Gasteiger partial charge in [0.15, 0.2) is 0 Å². The van der Waals surface area contributed by atoms with E-state index in [-0.39, 0.29) is 5.69 Å². The number of anilines is 2. The highest BCUT2D eigenvalue weighted by molar-refractivity contribution is 5.83. The molecule has 3 N–H and O–H groups in total. The van der Waals surface area contributed by atoms with Gasteiger partial charge in [-0.2, -0.15) is 0 Å². The van der Waals surface area contributed by atoms with Crippen LogP contribution in [-0.2, 0) is 6.54 Å². The summed E-state index contributed by atoms with van der Waals surface area (Å²) in [6, 6.07) is 19.3. The van der Waals surface area contributed by atoms with Gasteiger partial charge in [0.05, 0.1) is 5.69 Å². The Labute approximate surface area is 117 Å². The smallest absolute Gasteiger partial charge is 0.148 e. The molecular weight excluding hydrogens is 251 g/mol. The molecule has 0 fully saturated rings. The molecule has 3 aromatic carbocycles. The number of nitrogen functional groups attached to an aromatic ring is 1. The maximum atomic E-state index is 13.3. The Balaban J connectivity index is 1.77. The molecule has 20 heavy (non-hydrogen) atoms. The van der Waals surface area contributed by atoms with Crippen LogP contribution in [0.4, 0.5) is 15.8 Å². The van der Waals surface area contributed by atoms with E-state index in [1.54, 1.807) is 12.1 Å². The van der Waals surface area contributed by atoms with Gasteiger partial charge in [-0.25, -0.2) is 4.39 Å². The average Bonchev–Trinajstić information content (AvgIpc) is 2.48. The molecule has 2 nitrogen and oxygen atoms in total. The Bertz CT molecular complexity index is 753. The number of benzene rings is 3. The molecule has 3 rings (SSSR count). The number of nitrogens with one attached hydrogen (secondary N) is 1. The van der Waals surface area contributed by atoms with E-state index in [2.05, 4.69) is 35.6 Å². The zero-order valence-corrected chi connectivity index (χ0v) is 10.9. The van der Waals surface area contributed by atoms with Crippen molar-refractivity contribution in [2.75, 3.05) is 11.1 Å². The molecule has 0 spiro atoms. The van der Waals surface area contributed by atoms with Gasteiger partial charge in [-0.3, -0.25) is 0 Å². The van der Waals surface area contributed by atoms with Gasteiger partial charge in [-0.05, 0) is 40.6 Å². The molecule has 0 aliphatic rings. The van der Waals surface area contributed by atoms with Crippen LogP contribution in [0.2, 0.25) is 0 Å². The minimum Gasteiger partial charge on any atom is -0.396 e. The number of halogens is 1. The van der Waals surface area contributed by atoms with Gasteiger partial charge in [0.2, 0.25) is 0 Å². The van der Waals surface area contributed by atoms with Crippen molar-refractivity contribution in [1.29, 1.82) is 0 Å². The predicted molar refractivity (Wildman–Crippen MR) is 82.1 cm³/mol. The molecule has 0 aromatic heterocycles. The Hall–Kier alpha value is -2.55. The Kier molecular flexibility index (Phi) is 3.25. The van der Waals surface area contributed by atoms with Gasteiger partial charge in [0, 0.05) is 12.2 Å². The van der Waals surface area contributed by atoms with Crippen molar-refractivity contribution in [2.45, 2.75) is 6.54 Å². The van der Waals surface area contributed by atoms with Crippen LogP contribution >= 0.6 is 0 Å². The van der Waals surface area contributed by atoms with Crippen LogP contribution in [-0.4, -0.2) is 0 Å². The van der Waals surface area contributed by atoms with E-state index in [9.17, 15) is 4.39 Å². The lowest BCUT2D eigenvalue weighted by Crippen LogP contribution is -2.00. The SMILES string of the molecule is Nc1ccc(NCc2ccc3ccccc3c2)cc1F. The van der Waals surface area contributed by atoms with Crippen LogP contribution in [0, 0.1) is 5.82 Å². The van der Waals surface area contributed by atoms with Gasteiger partial charge in [0.25, 0.3) is 0 Å². The minimum absolute atomic E-state index is 0.168. The van der Waals surface area contributed by atoms with Crippen molar-refractivity contribution >= 4 is 22.1 Å². The summed E-state index contributed by atoms with van der Waals surface area (Å²) in [4.78, 5) is 0. The number of hydrogen-bond donors (Lipinski definition) is 2. The highest BCUT2D eigenvalue weighted by atomic mass is 19.1. The lowest BCUT2D eigenvalue weighted by molar-refractivity contribution is 0.633. The van der Waals surface area contributed by atoms with Crippen molar-refractivity contribution in [3.05, 3.63) is 72.0 Å². The molecule has 0 amide bonds. The normalized spacial score (nSPS) is 10.7. The first-order valence-corrected chi connectivity index (χ1v) is 6.49. The molecule has 0 radical (unpaired) electrons. The molecule has 100 valence electrons. The second kappa shape index (κ2) is 5.21. The quantitative estimate of drug-likeness (QED) is 0.698. The van der Waals surface area contributed by atoms with Crippen LogP contribution in [0.25, 0.3) is 10.8 Å². The van der Waals surface area contributed by atoms with Gasteiger partial charge >= 0.3 is 0 Å². The number of nitrogens with two attached hydrogens (primary N) is 1. The van der Waals surface area contributed by atoms with Crippen molar-refractivity contribution in [3.8, 4) is 0 Å². The summed E-state index contributed by atoms with van der Waals surface area (Å²) in [5.74, 6) is -0.395. The van der Waals surface area contributed by atoms with Crippen molar-refractivity contribution in [2.24, 2.45) is 0 Å². The Morgan fingerprint density at radius 1 is 0.900 bits per heavy atom. The Morgan fingerprint density at radius 3 is 2.50 bits per heavy atom. The van der Waals surface area contributed by atoms with Crippen LogP contribution in [0.15, 0.2) is 60.7 Å². The van der Waals surface area contributed by atoms with E-state index in [0.717, 1.165) is 11.3 Å². The zero-order chi connectivity index (χ0) is 13.9.